The van der Waals surface area contributed by atoms with Gasteiger partial charge in [-0.2, -0.15) is 0 Å². The van der Waals surface area contributed by atoms with Crippen molar-refractivity contribution in [3.63, 3.8) is 0 Å². The number of carbonyl (C=O) groups is 2. The van der Waals surface area contributed by atoms with Crippen molar-refractivity contribution in [3.8, 4) is 0 Å². The predicted octanol–water partition coefficient (Wildman–Crippen LogP) is 4.87. The molecule has 5 nitrogen and oxygen atoms in total. The number of esters is 1. The summed E-state index contributed by atoms with van der Waals surface area (Å²) in [5.41, 5.74) is 0.879. The first-order valence-corrected chi connectivity index (χ1v) is 8.94. The Balaban J connectivity index is 2.14. The summed E-state index contributed by atoms with van der Waals surface area (Å²) < 4.78 is 12.2. The van der Waals surface area contributed by atoms with E-state index in [1.165, 1.54) is 4.57 Å². The van der Waals surface area contributed by atoms with Crippen LogP contribution in [0.25, 0.3) is 10.9 Å². The Bertz CT molecular complexity index is 796. The zero-order valence-corrected chi connectivity index (χ0v) is 16.0. The van der Waals surface area contributed by atoms with Crippen molar-refractivity contribution in [2.75, 3.05) is 6.61 Å². The van der Waals surface area contributed by atoms with Gasteiger partial charge in [0, 0.05) is 11.6 Å². The van der Waals surface area contributed by atoms with Gasteiger partial charge in [-0.25, -0.2) is 4.79 Å². The van der Waals surface area contributed by atoms with Crippen LogP contribution in [-0.4, -0.2) is 28.8 Å². The zero-order valence-electron chi connectivity index (χ0n) is 16.0. The van der Waals surface area contributed by atoms with Gasteiger partial charge in [0.25, 0.3) is 0 Å². The molecule has 2 rings (SSSR count). The number of fused-ring (bicyclic) bond motifs is 1. The maximum absolute atomic E-state index is 12.5. The standard InChI is InChI=1S/C21H27NO4/c1-5-6-7-10-13-25-19(23)14-16-15-22(20(24)26-21(2,3)4)18-12-9-8-11-17(16)18/h6-9,11-12,15H,5,10,13-14H2,1-4H3. The quantitative estimate of drug-likeness (QED) is 0.420. The van der Waals surface area contributed by atoms with Crippen molar-refractivity contribution in [3.05, 3.63) is 48.2 Å². The number of benzene rings is 1. The second kappa shape index (κ2) is 8.70. The maximum Gasteiger partial charge on any atom is 0.419 e. The van der Waals surface area contributed by atoms with Gasteiger partial charge in [0.1, 0.15) is 5.60 Å². The smallest absolute Gasteiger partial charge is 0.419 e. The van der Waals surface area contributed by atoms with Gasteiger partial charge in [-0.3, -0.25) is 9.36 Å². The molecule has 1 aromatic carbocycles. The maximum atomic E-state index is 12.5. The van der Waals surface area contributed by atoms with Gasteiger partial charge in [-0.1, -0.05) is 37.3 Å². The highest BCUT2D eigenvalue weighted by molar-refractivity contribution is 5.94. The molecule has 0 N–H and O–H groups in total. The van der Waals surface area contributed by atoms with E-state index in [1.807, 2.05) is 57.2 Å². The first-order valence-electron chi connectivity index (χ1n) is 8.94. The molecule has 0 spiro atoms. The predicted molar refractivity (Wildman–Crippen MR) is 102 cm³/mol. The Hall–Kier alpha value is -2.56. The topological polar surface area (TPSA) is 57.5 Å². The first kappa shape index (κ1) is 19.8. The van der Waals surface area contributed by atoms with Gasteiger partial charge in [0.15, 0.2) is 0 Å². The molecule has 0 saturated carbocycles. The Labute approximate surface area is 154 Å². The highest BCUT2D eigenvalue weighted by atomic mass is 16.6. The Morgan fingerprint density at radius 2 is 1.88 bits per heavy atom. The van der Waals surface area contributed by atoms with Crippen LogP contribution >= 0.6 is 0 Å². The van der Waals surface area contributed by atoms with Crippen molar-refractivity contribution < 1.29 is 19.1 Å². The largest absolute Gasteiger partial charge is 0.465 e. The van der Waals surface area contributed by atoms with Crippen LogP contribution in [0.15, 0.2) is 42.6 Å². The molecule has 0 radical (unpaired) electrons. The minimum atomic E-state index is -0.590. The number of hydrogen-bond acceptors (Lipinski definition) is 4. The highest BCUT2D eigenvalue weighted by Gasteiger charge is 2.21. The molecule has 0 fully saturated rings. The molecule has 5 heteroatoms. The van der Waals surface area contributed by atoms with Gasteiger partial charge >= 0.3 is 12.1 Å². The van der Waals surface area contributed by atoms with E-state index in [-0.39, 0.29) is 12.4 Å². The monoisotopic (exact) mass is 357 g/mol. The van der Waals surface area contributed by atoms with E-state index in [0.29, 0.717) is 13.0 Å². The molecule has 0 bridgehead atoms. The fourth-order valence-electron chi connectivity index (χ4n) is 2.59. The van der Waals surface area contributed by atoms with E-state index in [1.54, 1.807) is 6.20 Å². The number of hydrogen-bond donors (Lipinski definition) is 0. The molecule has 0 atom stereocenters. The summed E-state index contributed by atoms with van der Waals surface area (Å²) in [5.74, 6) is -0.304. The van der Waals surface area contributed by atoms with Gasteiger partial charge in [-0.15, -0.1) is 0 Å². The number of aromatic nitrogens is 1. The van der Waals surface area contributed by atoms with Crippen LogP contribution in [0.1, 0.15) is 46.1 Å². The molecule has 0 amide bonds. The van der Waals surface area contributed by atoms with Gasteiger partial charge < -0.3 is 9.47 Å². The third-order valence-electron chi connectivity index (χ3n) is 3.67. The number of allylic oxidation sites excluding steroid dienone is 1. The van der Waals surface area contributed by atoms with E-state index in [0.717, 1.165) is 22.9 Å². The van der Waals surface area contributed by atoms with Gasteiger partial charge in [0.05, 0.1) is 18.5 Å². The van der Waals surface area contributed by atoms with Crippen LogP contribution < -0.4 is 0 Å². The normalized spacial score (nSPS) is 11.8. The molecule has 2 aromatic rings. The van der Waals surface area contributed by atoms with Crippen molar-refractivity contribution in [2.24, 2.45) is 0 Å². The lowest BCUT2D eigenvalue weighted by atomic mass is 10.1. The van der Waals surface area contributed by atoms with Gasteiger partial charge in [0.2, 0.25) is 0 Å². The van der Waals surface area contributed by atoms with Gasteiger partial charge in [-0.05, 0) is 45.2 Å². The fraction of sp³-hybridized carbons (Fsp3) is 0.429. The van der Waals surface area contributed by atoms with Crippen molar-refractivity contribution in [1.82, 2.24) is 4.57 Å². The average Bonchev–Trinajstić information content (AvgIpc) is 2.92. The third-order valence-corrected chi connectivity index (χ3v) is 3.67. The number of para-hydroxylation sites is 1. The third kappa shape index (κ3) is 5.48. The summed E-state index contributed by atoms with van der Waals surface area (Å²) in [6, 6.07) is 7.46. The zero-order chi connectivity index (χ0) is 19.2. The van der Waals surface area contributed by atoms with E-state index < -0.39 is 11.7 Å². The SMILES string of the molecule is CCC=CCCOC(=O)Cc1cn(C(=O)OC(C)(C)C)c2ccccc12. The summed E-state index contributed by atoms with van der Waals surface area (Å²) in [6.45, 7) is 7.88. The summed E-state index contributed by atoms with van der Waals surface area (Å²) in [7, 11) is 0. The Morgan fingerprint density at radius 1 is 1.15 bits per heavy atom. The van der Waals surface area contributed by atoms with Crippen LogP contribution in [0, 0.1) is 0 Å². The lowest BCUT2D eigenvalue weighted by molar-refractivity contribution is -0.142. The molecule has 0 aliphatic carbocycles. The average molecular weight is 357 g/mol. The Morgan fingerprint density at radius 3 is 2.58 bits per heavy atom. The van der Waals surface area contributed by atoms with Crippen LogP contribution in [0.3, 0.4) is 0 Å². The number of carbonyl (C=O) groups excluding carboxylic acids is 2. The van der Waals surface area contributed by atoms with Crippen LogP contribution in [0.4, 0.5) is 4.79 Å². The molecule has 1 aromatic heterocycles. The summed E-state index contributed by atoms with van der Waals surface area (Å²) in [6.07, 6.45) is 7.05. The molecule has 26 heavy (non-hydrogen) atoms. The number of nitrogens with zero attached hydrogens (tertiary/aromatic N) is 1. The van der Waals surface area contributed by atoms with E-state index in [4.69, 9.17) is 9.47 Å². The molecule has 0 aliphatic rings. The van der Waals surface area contributed by atoms with Crippen molar-refractivity contribution >= 4 is 23.0 Å². The first-order chi connectivity index (χ1) is 12.3. The minimum Gasteiger partial charge on any atom is -0.465 e. The second-order valence-electron chi connectivity index (χ2n) is 7.09. The molecule has 1 heterocycles. The van der Waals surface area contributed by atoms with E-state index >= 15 is 0 Å². The lowest BCUT2D eigenvalue weighted by Crippen LogP contribution is -2.26. The highest BCUT2D eigenvalue weighted by Crippen LogP contribution is 2.23. The van der Waals surface area contributed by atoms with Crippen molar-refractivity contribution in [1.29, 1.82) is 0 Å². The summed E-state index contributed by atoms with van der Waals surface area (Å²) >= 11 is 0. The molecule has 0 saturated heterocycles. The molecular formula is C21H27NO4. The van der Waals surface area contributed by atoms with Crippen LogP contribution in [0.5, 0.6) is 0 Å². The Kier molecular flexibility index (Phi) is 6.61. The summed E-state index contributed by atoms with van der Waals surface area (Å²) in [5, 5.41) is 0.848. The minimum absolute atomic E-state index is 0.119. The van der Waals surface area contributed by atoms with E-state index in [9.17, 15) is 9.59 Å². The van der Waals surface area contributed by atoms with Crippen molar-refractivity contribution in [2.45, 2.75) is 52.6 Å². The van der Waals surface area contributed by atoms with Crippen LogP contribution in [-0.2, 0) is 20.7 Å². The number of rotatable bonds is 6. The molecule has 0 unspecified atom stereocenters. The molecule has 140 valence electrons. The molecular weight excluding hydrogens is 330 g/mol. The molecule has 0 aliphatic heterocycles. The second-order valence-corrected chi connectivity index (χ2v) is 7.09. The lowest BCUT2D eigenvalue weighted by Gasteiger charge is -2.19. The fourth-order valence-corrected chi connectivity index (χ4v) is 2.59. The summed E-state index contributed by atoms with van der Waals surface area (Å²) in [4.78, 5) is 24.6. The van der Waals surface area contributed by atoms with Crippen LogP contribution in [0.2, 0.25) is 0 Å². The van der Waals surface area contributed by atoms with E-state index in [2.05, 4.69) is 6.92 Å². The number of ether oxygens (including phenoxy) is 2.